The zero-order valence-electron chi connectivity index (χ0n) is 16.3. The predicted octanol–water partition coefficient (Wildman–Crippen LogP) is 4.07. The van der Waals surface area contributed by atoms with Crippen molar-refractivity contribution in [2.24, 2.45) is 0 Å². The van der Waals surface area contributed by atoms with Crippen LogP contribution in [0.2, 0.25) is 0 Å². The normalized spacial score (nSPS) is 14.8. The van der Waals surface area contributed by atoms with Crippen molar-refractivity contribution in [3.05, 3.63) is 62.0 Å². The number of fused-ring (bicyclic) bond motifs is 1. The summed E-state index contributed by atoms with van der Waals surface area (Å²) < 4.78 is 0. The molecule has 0 spiro atoms. The first kappa shape index (κ1) is 18.6. The van der Waals surface area contributed by atoms with E-state index in [9.17, 15) is 9.59 Å². The number of aryl methyl sites for hydroxylation is 3. The van der Waals surface area contributed by atoms with Gasteiger partial charge in [-0.15, -0.1) is 11.3 Å². The molecule has 0 radical (unpaired) electrons. The summed E-state index contributed by atoms with van der Waals surface area (Å²) in [5, 5.41) is 0.620. The van der Waals surface area contributed by atoms with Gasteiger partial charge in [0, 0.05) is 18.0 Å². The van der Waals surface area contributed by atoms with E-state index in [2.05, 4.69) is 9.97 Å². The maximum Gasteiger partial charge on any atom is 0.260 e. The molecule has 1 N–H and O–H groups in total. The highest BCUT2D eigenvalue weighted by atomic mass is 32.1. The van der Waals surface area contributed by atoms with Gasteiger partial charge in [-0.3, -0.25) is 9.59 Å². The molecule has 0 unspecified atom stereocenters. The second-order valence-corrected chi connectivity index (χ2v) is 8.55. The summed E-state index contributed by atoms with van der Waals surface area (Å²) >= 11 is 1.49. The number of nitrogens with zero attached hydrogens (tertiary/aromatic N) is 2. The fourth-order valence-corrected chi connectivity index (χ4v) is 4.56. The van der Waals surface area contributed by atoms with Gasteiger partial charge in [-0.2, -0.15) is 0 Å². The fraction of sp³-hybridized carbons (Fsp3) is 0.318. The van der Waals surface area contributed by atoms with Gasteiger partial charge < -0.3 is 9.88 Å². The number of aromatic amines is 1. The van der Waals surface area contributed by atoms with E-state index in [1.807, 2.05) is 56.0 Å². The van der Waals surface area contributed by atoms with Gasteiger partial charge in [-0.05, 0) is 50.8 Å². The maximum absolute atomic E-state index is 13.2. The number of likely N-dealkylation sites (tertiary alicyclic amines) is 1. The number of aromatic nitrogens is 2. The molecule has 0 aliphatic carbocycles. The third-order valence-corrected chi connectivity index (χ3v) is 6.41. The van der Waals surface area contributed by atoms with Crippen molar-refractivity contribution in [3.63, 3.8) is 0 Å². The van der Waals surface area contributed by atoms with Crippen LogP contribution in [0.5, 0.6) is 0 Å². The molecule has 144 valence electrons. The number of rotatable bonds is 3. The molecule has 1 aliphatic heterocycles. The molecular weight excluding hydrogens is 370 g/mol. The zero-order valence-corrected chi connectivity index (χ0v) is 17.2. The second kappa shape index (κ2) is 7.36. The Balaban J connectivity index is 1.87. The summed E-state index contributed by atoms with van der Waals surface area (Å²) in [4.78, 5) is 37.1. The van der Waals surface area contributed by atoms with Gasteiger partial charge in [0.15, 0.2) is 0 Å². The van der Waals surface area contributed by atoms with E-state index in [0.717, 1.165) is 47.5 Å². The molecule has 28 heavy (non-hydrogen) atoms. The van der Waals surface area contributed by atoms with Gasteiger partial charge in [0.05, 0.1) is 11.0 Å². The third kappa shape index (κ3) is 3.40. The number of benzene rings is 1. The van der Waals surface area contributed by atoms with E-state index in [1.54, 1.807) is 0 Å². The number of hydrogen-bond acceptors (Lipinski definition) is 4. The Hall–Kier alpha value is -2.73. The molecule has 1 amide bonds. The van der Waals surface area contributed by atoms with Crippen LogP contribution in [-0.4, -0.2) is 33.9 Å². The summed E-state index contributed by atoms with van der Waals surface area (Å²) in [6.07, 6.45) is 3.85. The molecule has 3 aromatic rings. The first-order valence-electron chi connectivity index (χ1n) is 9.52. The van der Waals surface area contributed by atoms with Crippen molar-refractivity contribution in [2.75, 3.05) is 13.1 Å². The number of thiophene rings is 1. The molecule has 6 heteroatoms. The van der Waals surface area contributed by atoms with Gasteiger partial charge >= 0.3 is 0 Å². The highest BCUT2D eigenvalue weighted by molar-refractivity contribution is 7.18. The van der Waals surface area contributed by atoms with Gasteiger partial charge in [0.2, 0.25) is 0 Å². The molecule has 4 rings (SSSR count). The van der Waals surface area contributed by atoms with Crippen molar-refractivity contribution in [1.29, 1.82) is 0 Å². The minimum atomic E-state index is -0.189. The van der Waals surface area contributed by atoms with Crippen molar-refractivity contribution in [1.82, 2.24) is 14.9 Å². The number of amides is 1. The lowest BCUT2D eigenvalue weighted by Crippen LogP contribution is -2.29. The predicted molar refractivity (Wildman–Crippen MR) is 115 cm³/mol. The molecule has 3 heterocycles. The molecule has 5 nitrogen and oxygen atoms in total. The summed E-state index contributed by atoms with van der Waals surface area (Å²) in [6.45, 7) is 7.43. The number of carbonyl (C=O) groups excluding carboxylic acids is 1. The molecule has 2 aromatic heterocycles. The smallest absolute Gasteiger partial charge is 0.260 e. The summed E-state index contributed by atoms with van der Waals surface area (Å²) in [6, 6.07) is 7.97. The van der Waals surface area contributed by atoms with Crippen LogP contribution in [0.4, 0.5) is 0 Å². The Bertz CT molecular complexity index is 1130. The SMILES string of the molecule is Cc1ccc(/C=C(/C(=O)N2CCCC2)c2nc3sc(C)c(C)c3c(=O)[nH]2)cc1. The Morgan fingerprint density at radius 2 is 1.82 bits per heavy atom. The van der Waals surface area contributed by atoms with Crippen LogP contribution in [0.15, 0.2) is 29.1 Å². The van der Waals surface area contributed by atoms with E-state index in [-0.39, 0.29) is 11.5 Å². The minimum Gasteiger partial charge on any atom is -0.339 e. The average molecular weight is 394 g/mol. The standard InChI is InChI=1S/C22H23N3O2S/c1-13-6-8-16(9-7-13)12-17(22(27)25-10-4-5-11-25)19-23-20(26)18-14(2)15(3)28-21(18)24-19/h6-9,12H,4-5,10-11H2,1-3H3,(H,23,24,26)/b17-12+. The Labute approximate surface area is 167 Å². The number of nitrogens with one attached hydrogen (secondary N) is 1. The van der Waals surface area contributed by atoms with E-state index in [1.165, 1.54) is 11.3 Å². The quantitative estimate of drug-likeness (QED) is 0.682. The summed E-state index contributed by atoms with van der Waals surface area (Å²) in [5.41, 5.74) is 3.27. The van der Waals surface area contributed by atoms with Crippen molar-refractivity contribution in [3.8, 4) is 0 Å². The third-order valence-electron chi connectivity index (χ3n) is 5.31. The zero-order chi connectivity index (χ0) is 19.8. The van der Waals surface area contributed by atoms with E-state index in [0.29, 0.717) is 21.6 Å². The molecule has 0 saturated carbocycles. The Morgan fingerprint density at radius 1 is 1.14 bits per heavy atom. The monoisotopic (exact) mass is 393 g/mol. The number of H-pyrrole nitrogens is 1. The number of carbonyl (C=O) groups is 1. The van der Waals surface area contributed by atoms with Crippen LogP contribution in [0.1, 0.15) is 40.2 Å². The van der Waals surface area contributed by atoms with Crippen LogP contribution in [0, 0.1) is 20.8 Å². The molecule has 0 bridgehead atoms. The first-order valence-corrected chi connectivity index (χ1v) is 10.3. The summed E-state index contributed by atoms with van der Waals surface area (Å²) in [5.74, 6) is 0.266. The van der Waals surface area contributed by atoms with Gasteiger partial charge in [-0.1, -0.05) is 29.8 Å². The second-order valence-electron chi connectivity index (χ2n) is 7.35. The lowest BCUT2D eigenvalue weighted by molar-refractivity contribution is -0.123. The van der Waals surface area contributed by atoms with Gasteiger partial charge in [-0.25, -0.2) is 4.98 Å². The largest absolute Gasteiger partial charge is 0.339 e. The molecule has 1 saturated heterocycles. The van der Waals surface area contributed by atoms with E-state index >= 15 is 0 Å². The lowest BCUT2D eigenvalue weighted by Gasteiger charge is -2.17. The highest BCUT2D eigenvalue weighted by Gasteiger charge is 2.25. The van der Waals surface area contributed by atoms with Crippen LogP contribution in [-0.2, 0) is 4.79 Å². The summed E-state index contributed by atoms with van der Waals surface area (Å²) in [7, 11) is 0. The average Bonchev–Trinajstić information content (AvgIpc) is 3.30. The van der Waals surface area contributed by atoms with Gasteiger partial charge in [0.1, 0.15) is 10.7 Å². The van der Waals surface area contributed by atoms with Crippen molar-refractivity contribution < 1.29 is 4.79 Å². The number of hydrogen-bond donors (Lipinski definition) is 1. The highest BCUT2D eigenvalue weighted by Crippen LogP contribution is 2.28. The maximum atomic E-state index is 13.2. The van der Waals surface area contributed by atoms with Gasteiger partial charge in [0.25, 0.3) is 11.5 Å². The molecule has 1 fully saturated rings. The molecular formula is C22H23N3O2S. The molecule has 0 atom stereocenters. The molecule has 1 aliphatic rings. The van der Waals surface area contributed by atoms with Crippen molar-refractivity contribution >= 4 is 39.1 Å². The topological polar surface area (TPSA) is 66.1 Å². The lowest BCUT2D eigenvalue weighted by atomic mass is 10.1. The van der Waals surface area contributed by atoms with E-state index in [4.69, 9.17) is 0 Å². The van der Waals surface area contributed by atoms with Crippen molar-refractivity contribution in [2.45, 2.75) is 33.6 Å². The fourth-order valence-electron chi connectivity index (χ4n) is 3.53. The van der Waals surface area contributed by atoms with Crippen LogP contribution >= 0.6 is 11.3 Å². The Kier molecular flexibility index (Phi) is 4.89. The van der Waals surface area contributed by atoms with Crippen LogP contribution in [0.3, 0.4) is 0 Å². The van der Waals surface area contributed by atoms with E-state index < -0.39 is 0 Å². The first-order chi connectivity index (χ1) is 13.4. The van der Waals surface area contributed by atoms with Crippen LogP contribution < -0.4 is 5.56 Å². The minimum absolute atomic E-state index is 0.0782. The molecule has 1 aromatic carbocycles. The van der Waals surface area contributed by atoms with Crippen LogP contribution in [0.25, 0.3) is 21.9 Å². The Morgan fingerprint density at radius 3 is 2.50 bits per heavy atom.